The summed E-state index contributed by atoms with van der Waals surface area (Å²) in [7, 11) is 0. The maximum absolute atomic E-state index is 5.76. The number of epoxide rings is 1. The number of benzene rings is 1. The summed E-state index contributed by atoms with van der Waals surface area (Å²) in [5, 5.41) is 0. The second-order valence-electron chi connectivity index (χ2n) is 3.25. The molecule has 4 heteroatoms. The Morgan fingerprint density at radius 1 is 1.43 bits per heavy atom. The molecule has 0 spiro atoms. The second kappa shape index (κ2) is 3.83. The number of hydrogen-bond acceptors (Lipinski definition) is 2. The van der Waals surface area contributed by atoms with E-state index >= 15 is 0 Å². The molecule has 0 radical (unpaired) electrons. The van der Waals surface area contributed by atoms with Gasteiger partial charge in [0, 0.05) is 0 Å². The van der Waals surface area contributed by atoms with Gasteiger partial charge in [-0.3, -0.25) is 0 Å². The minimum absolute atomic E-state index is 0.0853. The maximum Gasteiger partial charge on any atom is 0.245 e. The van der Waals surface area contributed by atoms with Gasteiger partial charge in [0.25, 0.3) is 0 Å². The fourth-order valence-electron chi connectivity index (χ4n) is 1.13. The molecule has 1 saturated heterocycles. The highest BCUT2D eigenvalue weighted by Crippen LogP contribution is 2.40. The highest BCUT2D eigenvalue weighted by molar-refractivity contribution is 9.25. The third-order valence-corrected chi connectivity index (χ3v) is 3.39. The van der Waals surface area contributed by atoms with Crippen molar-refractivity contribution in [2.75, 3.05) is 6.61 Å². The van der Waals surface area contributed by atoms with E-state index in [4.69, 9.17) is 9.47 Å². The number of aryl methyl sites for hydroxylation is 1. The van der Waals surface area contributed by atoms with Gasteiger partial charge in [-0.1, -0.05) is 18.2 Å². The molecule has 0 saturated carbocycles. The average molecular weight is 322 g/mol. The number of para-hydroxylation sites is 1. The summed E-state index contributed by atoms with van der Waals surface area (Å²) in [5.74, 6) is 0.858. The summed E-state index contributed by atoms with van der Waals surface area (Å²) in [4.78, 5) is 0. The van der Waals surface area contributed by atoms with Crippen LogP contribution in [0.15, 0.2) is 24.3 Å². The van der Waals surface area contributed by atoms with Crippen LogP contribution in [-0.4, -0.2) is 16.1 Å². The summed E-state index contributed by atoms with van der Waals surface area (Å²) < 4.78 is 10.3. The average Bonchev–Trinajstić information content (AvgIpc) is 2.91. The molecule has 1 unspecified atom stereocenters. The topological polar surface area (TPSA) is 21.8 Å². The summed E-state index contributed by atoms with van der Waals surface area (Å²) in [5.41, 5.74) is 1.11. The minimum atomic E-state index is -0.591. The molecule has 14 heavy (non-hydrogen) atoms. The van der Waals surface area contributed by atoms with E-state index in [1.54, 1.807) is 0 Å². The fraction of sp³-hybridized carbons (Fsp3) is 0.400. The largest absolute Gasteiger partial charge is 0.463 e. The first-order valence-electron chi connectivity index (χ1n) is 4.33. The third-order valence-electron chi connectivity index (χ3n) is 2.05. The van der Waals surface area contributed by atoms with Gasteiger partial charge in [0.2, 0.25) is 3.42 Å². The van der Waals surface area contributed by atoms with Crippen molar-refractivity contribution < 1.29 is 9.47 Å². The highest BCUT2D eigenvalue weighted by Gasteiger charge is 2.45. The molecule has 0 amide bonds. The quantitative estimate of drug-likeness (QED) is 0.630. The molecule has 76 valence electrons. The lowest BCUT2D eigenvalue weighted by atomic mass is 10.2. The Morgan fingerprint density at radius 2 is 2.07 bits per heavy atom. The number of alkyl halides is 2. The molecule has 1 aliphatic rings. The summed E-state index contributed by atoms with van der Waals surface area (Å²) in [6.07, 6.45) is 0.0853. The van der Waals surface area contributed by atoms with Crippen molar-refractivity contribution in [3.8, 4) is 5.75 Å². The van der Waals surface area contributed by atoms with Crippen LogP contribution in [0.3, 0.4) is 0 Å². The van der Waals surface area contributed by atoms with Gasteiger partial charge < -0.3 is 9.47 Å². The molecule has 1 aliphatic heterocycles. The molecular weight excluding hydrogens is 312 g/mol. The molecule has 0 N–H and O–H groups in total. The molecule has 0 bridgehead atoms. The summed E-state index contributed by atoms with van der Waals surface area (Å²) in [6.45, 7) is 2.74. The van der Waals surface area contributed by atoms with E-state index in [2.05, 4.69) is 31.9 Å². The maximum atomic E-state index is 5.76. The molecule has 1 fully saturated rings. The molecule has 0 aliphatic carbocycles. The number of hydrogen-bond donors (Lipinski definition) is 0. The van der Waals surface area contributed by atoms with Gasteiger partial charge in [0.05, 0.1) is 6.61 Å². The van der Waals surface area contributed by atoms with Gasteiger partial charge in [0.1, 0.15) is 11.9 Å². The third kappa shape index (κ3) is 2.30. The van der Waals surface area contributed by atoms with Gasteiger partial charge in [-0.2, -0.15) is 0 Å². The SMILES string of the molecule is Cc1ccccc1OC(Br)(Br)C1CO1. The van der Waals surface area contributed by atoms with Gasteiger partial charge in [-0.15, -0.1) is 0 Å². The molecule has 2 nitrogen and oxygen atoms in total. The molecule has 1 aromatic carbocycles. The number of ether oxygens (including phenoxy) is 2. The lowest BCUT2D eigenvalue weighted by Gasteiger charge is -2.21. The zero-order chi connectivity index (χ0) is 10.2. The predicted molar refractivity (Wildman–Crippen MR) is 62.1 cm³/mol. The van der Waals surface area contributed by atoms with Gasteiger partial charge in [-0.05, 0) is 50.4 Å². The molecular formula is C10H10Br2O2. The van der Waals surface area contributed by atoms with Gasteiger partial charge in [0.15, 0.2) is 0 Å². The first kappa shape index (κ1) is 10.5. The van der Waals surface area contributed by atoms with Crippen LogP contribution >= 0.6 is 31.9 Å². The van der Waals surface area contributed by atoms with E-state index < -0.39 is 3.42 Å². The van der Waals surface area contributed by atoms with Gasteiger partial charge >= 0.3 is 0 Å². The van der Waals surface area contributed by atoms with Gasteiger partial charge in [-0.25, -0.2) is 0 Å². The molecule has 1 aromatic rings. The normalized spacial score (nSPS) is 20.6. The number of halogens is 2. The standard InChI is InChI=1S/C10H10Br2O2/c1-7-4-2-3-5-8(7)14-10(11,12)9-6-13-9/h2-5,9H,6H2,1H3. The lowest BCUT2D eigenvalue weighted by Crippen LogP contribution is -2.27. The van der Waals surface area contributed by atoms with Crippen LogP contribution in [0, 0.1) is 6.92 Å². The van der Waals surface area contributed by atoms with Crippen molar-refractivity contribution >= 4 is 31.9 Å². The monoisotopic (exact) mass is 320 g/mol. The Morgan fingerprint density at radius 3 is 2.64 bits per heavy atom. The Balaban J connectivity index is 2.13. The first-order chi connectivity index (χ1) is 6.59. The zero-order valence-electron chi connectivity index (χ0n) is 7.67. The smallest absolute Gasteiger partial charge is 0.245 e. The van der Waals surface area contributed by atoms with Crippen molar-refractivity contribution in [1.29, 1.82) is 0 Å². The summed E-state index contributed by atoms with van der Waals surface area (Å²) in [6, 6.07) is 7.89. The van der Waals surface area contributed by atoms with Crippen LogP contribution in [-0.2, 0) is 4.74 Å². The zero-order valence-corrected chi connectivity index (χ0v) is 10.8. The van der Waals surface area contributed by atoms with Crippen molar-refractivity contribution in [2.45, 2.75) is 16.4 Å². The minimum Gasteiger partial charge on any atom is -0.463 e. The van der Waals surface area contributed by atoms with Crippen molar-refractivity contribution in [1.82, 2.24) is 0 Å². The van der Waals surface area contributed by atoms with Crippen LogP contribution < -0.4 is 4.74 Å². The Labute approximate surface area is 99.8 Å². The van der Waals surface area contributed by atoms with Crippen molar-refractivity contribution in [2.24, 2.45) is 0 Å². The van der Waals surface area contributed by atoms with Crippen LogP contribution in [0.25, 0.3) is 0 Å². The summed E-state index contributed by atoms with van der Waals surface area (Å²) >= 11 is 6.90. The second-order valence-corrected chi connectivity index (χ2v) is 6.67. The van der Waals surface area contributed by atoms with E-state index in [0.29, 0.717) is 0 Å². The van der Waals surface area contributed by atoms with Crippen LogP contribution in [0.5, 0.6) is 5.75 Å². The number of rotatable bonds is 3. The van der Waals surface area contributed by atoms with Crippen LogP contribution in [0.1, 0.15) is 5.56 Å². The molecule has 0 aromatic heterocycles. The molecule has 1 heterocycles. The Hall–Kier alpha value is -0.0600. The van der Waals surface area contributed by atoms with E-state index in [1.165, 1.54) is 0 Å². The predicted octanol–water partition coefficient (Wildman–Crippen LogP) is 3.22. The van der Waals surface area contributed by atoms with Crippen LogP contribution in [0.2, 0.25) is 0 Å². The Bertz CT molecular complexity index is 335. The Kier molecular flexibility index (Phi) is 2.86. The van der Waals surface area contributed by atoms with Crippen LogP contribution in [0.4, 0.5) is 0 Å². The van der Waals surface area contributed by atoms with E-state index in [1.807, 2.05) is 31.2 Å². The molecule has 2 rings (SSSR count). The van der Waals surface area contributed by atoms with E-state index in [9.17, 15) is 0 Å². The first-order valence-corrected chi connectivity index (χ1v) is 5.92. The highest BCUT2D eigenvalue weighted by atomic mass is 79.9. The molecule has 1 atom stereocenters. The van der Waals surface area contributed by atoms with Crippen molar-refractivity contribution in [3.05, 3.63) is 29.8 Å². The van der Waals surface area contributed by atoms with E-state index in [-0.39, 0.29) is 6.10 Å². The van der Waals surface area contributed by atoms with E-state index in [0.717, 1.165) is 17.9 Å². The fourth-order valence-corrected chi connectivity index (χ4v) is 2.00. The lowest BCUT2D eigenvalue weighted by molar-refractivity contribution is 0.217. The van der Waals surface area contributed by atoms with Crippen molar-refractivity contribution in [3.63, 3.8) is 0 Å².